The Kier molecular flexibility index (Phi) is 3.16. The molecule has 1 aromatic carbocycles. The molecule has 1 aliphatic heterocycles. The molecule has 1 heterocycles. The molecule has 90 valence electrons. The fourth-order valence-corrected chi connectivity index (χ4v) is 2.21. The van der Waals surface area contributed by atoms with E-state index < -0.39 is 5.41 Å². The average Bonchev–Trinajstić information content (AvgIpc) is 2.53. The highest BCUT2D eigenvalue weighted by Crippen LogP contribution is 2.45. The minimum Gasteiger partial charge on any atom is -0.497 e. The van der Waals surface area contributed by atoms with Crippen molar-refractivity contribution in [3.05, 3.63) is 33.4 Å². The SMILES string of the molecule is COc1ccc(C2=C(I)C(C)(C)C(=O)O2)cc1. The maximum atomic E-state index is 11.7. The number of halogens is 1. The van der Waals surface area contributed by atoms with Crippen LogP contribution in [0.2, 0.25) is 0 Å². The third-order valence-electron chi connectivity index (χ3n) is 2.81. The van der Waals surface area contributed by atoms with Crippen molar-refractivity contribution in [1.29, 1.82) is 0 Å². The molecule has 4 heteroatoms. The summed E-state index contributed by atoms with van der Waals surface area (Å²) in [6.07, 6.45) is 0. The molecule has 1 aromatic rings. The molecular formula is C13H13IO3. The van der Waals surface area contributed by atoms with Gasteiger partial charge < -0.3 is 9.47 Å². The van der Waals surface area contributed by atoms with Crippen molar-refractivity contribution in [3.63, 3.8) is 0 Å². The van der Waals surface area contributed by atoms with Crippen LogP contribution in [0.3, 0.4) is 0 Å². The van der Waals surface area contributed by atoms with Gasteiger partial charge in [0.05, 0.1) is 16.1 Å². The summed E-state index contributed by atoms with van der Waals surface area (Å²) >= 11 is 2.18. The van der Waals surface area contributed by atoms with Crippen LogP contribution in [0.4, 0.5) is 0 Å². The lowest BCUT2D eigenvalue weighted by Gasteiger charge is -2.11. The monoisotopic (exact) mass is 344 g/mol. The number of esters is 1. The standard InChI is InChI=1S/C13H13IO3/c1-13(2)11(14)10(17-12(13)15)8-4-6-9(16-3)7-5-8/h4-7H,1-3H3. The van der Waals surface area contributed by atoms with Gasteiger partial charge in [0.2, 0.25) is 0 Å². The first-order chi connectivity index (χ1) is 7.96. The molecule has 0 bridgehead atoms. The molecule has 17 heavy (non-hydrogen) atoms. The van der Waals surface area contributed by atoms with Crippen molar-refractivity contribution in [1.82, 2.24) is 0 Å². The average molecular weight is 344 g/mol. The van der Waals surface area contributed by atoms with E-state index in [0.29, 0.717) is 5.76 Å². The predicted molar refractivity (Wildman–Crippen MR) is 73.8 cm³/mol. The molecule has 0 N–H and O–H groups in total. The second-order valence-electron chi connectivity index (χ2n) is 4.39. The van der Waals surface area contributed by atoms with E-state index in [1.807, 2.05) is 38.1 Å². The lowest BCUT2D eigenvalue weighted by molar-refractivity contribution is -0.141. The van der Waals surface area contributed by atoms with Gasteiger partial charge >= 0.3 is 5.97 Å². The van der Waals surface area contributed by atoms with Crippen LogP contribution in [-0.2, 0) is 9.53 Å². The number of cyclic esters (lactones) is 1. The number of hydrogen-bond donors (Lipinski definition) is 0. The van der Waals surface area contributed by atoms with E-state index >= 15 is 0 Å². The van der Waals surface area contributed by atoms with Gasteiger partial charge in [-0.15, -0.1) is 0 Å². The number of carbonyl (C=O) groups excluding carboxylic acids is 1. The van der Waals surface area contributed by atoms with Crippen molar-refractivity contribution in [2.24, 2.45) is 5.41 Å². The smallest absolute Gasteiger partial charge is 0.322 e. The van der Waals surface area contributed by atoms with Gasteiger partial charge in [-0.25, -0.2) is 0 Å². The Morgan fingerprint density at radius 2 is 1.82 bits per heavy atom. The first kappa shape index (κ1) is 12.4. The third-order valence-corrected chi connectivity index (χ3v) is 4.64. The van der Waals surface area contributed by atoms with Gasteiger partial charge in [0.25, 0.3) is 0 Å². The minimum absolute atomic E-state index is 0.201. The fraction of sp³-hybridized carbons (Fsp3) is 0.308. The van der Waals surface area contributed by atoms with E-state index in [0.717, 1.165) is 14.9 Å². The zero-order valence-electron chi connectivity index (χ0n) is 9.91. The van der Waals surface area contributed by atoms with E-state index in [2.05, 4.69) is 22.6 Å². The minimum atomic E-state index is -0.546. The Morgan fingerprint density at radius 1 is 1.24 bits per heavy atom. The Morgan fingerprint density at radius 3 is 2.24 bits per heavy atom. The number of rotatable bonds is 2. The number of hydrogen-bond acceptors (Lipinski definition) is 3. The quantitative estimate of drug-likeness (QED) is 0.610. The molecule has 1 aliphatic rings. The molecule has 0 spiro atoms. The molecule has 0 saturated carbocycles. The van der Waals surface area contributed by atoms with Crippen LogP contribution in [0.25, 0.3) is 5.76 Å². The highest BCUT2D eigenvalue weighted by Gasteiger charge is 2.42. The number of methoxy groups -OCH3 is 1. The zero-order chi connectivity index (χ0) is 12.6. The number of ether oxygens (including phenoxy) is 2. The predicted octanol–water partition coefficient (Wildman–Crippen LogP) is 3.38. The van der Waals surface area contributed by atoms with E-state index in [9.17, 15) is 4.79 Å². The van der Waals surface area contributed by atoms with Crippen molar-refractivity contribution in [2.75, 3.05) is 7.11 Å². The summed E-state index contributed by atoms with van der Waals surface area (Å²) < 4.78 is 11.4. The summed E-state index contributed by atoms with van der Waals surface area (Å²) in [5.74, 6) is 1.24. The molecule has 0 aromatic heterocycles. The van der Waals surface area contributed by atoms with Crippen molar-refractivity contribution in [2.45, 2.75) is 13.8 Å². The fourth-order valence-electron chi connectivity index (χ4n) is 1.57. The van der Waals surface area contributed by atoms with E-state index in [1.54, 1.807) is 7.11 Å². The van der Waals surface area contributed by atoms with Crippen LogP contribution >= 0.6 is 22.6 Å². The van der Waals surface area contributed by atoms with Gasteiger partial charge in [-0.2, -0.15) is 0 Å². The molecular weight excluding hydrogens is 331 g/mol. The van der Waals surface area contributed by atoms with Gasteiger partial charge in [0.1, 0.15) is 11.5 Å². The molecule has 0 unspecified atom stereocenters. The van der Waals surface area contributed by atoms with Crippen LogP contribution in [0.1, 0.15) is 19.4 Å². The summed E-state index contributed by atoms with van der Waals surface area (Å²) in [7, 11) is 1.62. The summed E-state index contributed by atoms with van der Waals surface area (Å²) in [5.41, 5.74) is 0.352. The molecule has 0 fully saturated rings. The van der Waals surface area contributed by atoms with Crippen LogP contribution < -0.4 is 4.74 Å². The molecule has 0 amide bonds. The van der Waals surface area contributed by atoms with Gasteiger partial charge in [-0.1, -0.05) is 0 Å². The summed E-state index contributed by atoms with van der Waals surface area (Å²) in [5, 5.41) is 0. The first-order valence-electron chi connectivity index (χ1n) is 5.24. The highest BCUT2D eigenvalue weighted by molar-refractivity contribution is 14.1. The second-order valence-corrected chi connectivity index (χ2v) is 5.46. The van der Waals surface area contributed by atoms with Crippen LogP contribution in [0.15, 0.2) is 27.8 Å². The zero-order valence-corrected chi connectivity index (χ0v) is 12.1. The molecule has 0 saturated heterocycles. The normalized spacial score (nSPS) is 18.2. The van der Waals surface area contributed by atoms with Gasteiger partial charge in [-0.05, 0) is 60.7 Å². The van der Waals surface area contributed by atoms with E-state index in [4.69, 9.17) is 9.47 Å². The van der Waals surface area contributed by atoms with Gasteiger partial charge in [0, 0.05) is 5.56 Å². The summed E-state index contributed by atoms with van der Waals surface area (Å²) in [6, 6.07) is 7.49. The molecule has 2 rings (SSSR count). The molecule has 0 atom stereocenters. The summed E-state index contributed by atoms with van der Waals surface area (Å²) in [6.45, 7) is 3.74. The Hall–Kier alpha value is -1.04. The summed E-state index contributed by atoms with van der Waals surface area (Å²) in [4.78, 5) is 11.7. The Balaban J connectivity index is 2.41. The van der Waals surface area contributed by atoms with E-state index in [-0.39, 0.29) is 5.97 Å². The van der Waals surface area contributed by atoms with Gasteiger partial charge in [-0.3, -0.25) is 4.79 Å². The Labute approximate surface area is 114 Å². The van der Waals surface area contributed by atoms with Crippen molar-refractivity contribution in [3.8, 4) is 5.75 Å². The van der Waals surface area contributed by atoms with Crippen LogP contribution in [0.5, 0.6) is 5.75 Å². The number of carbonyl (C=O) groups is 1. The maximum Gasteiger partial charge on any atom is 0.322 e. The Bertz CT molecular complexity index is 486. The van der Waals surface area contributed by atoms with Crippen LogP contribution in [-0.4, -0.2) is 13.1 Å². The lowest BCUT2D eigenvalue weighted by Crippen LogP contribution is -2.19. The van der Waals surface area contributed by atoms with Crippen LogP contribution in [0, 0.1) is 5.41 Å². The highest BCUT2D eigenvalue weighted by atomic mass is 127. The van der Waals surface area contributed by atoms with E-state index in [1.165, 1.54) is 0 Å². The second kappa shape index (κ2) is 4.33. The third kappa shape index (κ3) is 2.06. The molecule has 3 nitrogen and oxygen atoms in total. The lowest BCUT2D eigenvalue weighted by atomic mass is 9.94. The van der Waals surface area contributed by atoms with Crippen molar-refractivity contribution >= 4 is 34.3 Å². The number of benzene rings is 1. The van der Waals surface area contributed by atoms with Gasteiger partial charge in [0.15, 0.2) is 0 Å². The largest absolute Gasteiger partial charge is 0.497 e. The van der Waals surface area contributed by atoms with Crippen molar-refractivity contribution < 1.29 is 14.3 Å². The molecule has 0 radical (unpaired) electrons. The first-order valence-corrected chi connectivity index (χ1v) is 6.31. The molecule has 0 aliphatic carbocycles. The topological polar surface area (TPSA) is 35.5 Å². The maximum absolute atomic E-state index is 11.7.